The Bertz CT molecular complexity index is 633. The van der Waals surface area contributed by atoms with E-state index in [0.717, 1.165) is 12.8 Å². The molecule has 1 aromatic rings. The number of alkyl halides is 2. The number of carbonyl (C=O) groups excluding carboxylic acids is 1. The summed E-state index contributed by atoms with van der Waals surface area (Å²) in [5.41, 5.74) is 0.535. The third-order valence-electron chi connectivity index (χ3n) is 3.61. The average Bonchev–Trinajstić information content (AvgIpc) is 2.67. The number of nitrogens with one attached hydrogen (secondary N) is 3. The van der Waals surface area contributed by atoms with Crippen molar-refractivity contribution < 1.29 is 23.0 Å². The molecule has 0 aliphatic heterocycles. The summed E-state index contributed by atoms with van der Waals surface area (Å²) in [6.45, 7) is 2.78. The van der Waals surface area contributed by atoms with Gasteiger partial charge >= 0.3 is 6.61 Å². The number of guanidine groups is 1. The second-order valence-corrected chi connectivity index (χ2v) is 5.95. The fraction of sp³-hybridized carbons (Fsp3) is 0.579. The van der Waals surface area contributed by atoms with Crippen molar-refractivity contribution in [3.63, 3.8) is 0 Å². The summed E-state index contributed by atoms with van der Waals surface area (Å²) in [5.74, 6) is 0.935. The van der Waals surface area contributed by atoms with Crippen LogP contribution in [-0.2, 0) is 11.3 Å². The lowest BCUT2D eigenvalue weighted by Crippen LogP contribution is -2.39. The fourth-order valence-electron chi connectivity index (χ4n) is 2.24. The molecule has 10 heteroatoms. The molecule has 0 bridgehead atoms. The number of carbonyl (C=O) groups is 1. The Hall–Kier alpha value is -1.85. The molecule has 0 heterocycles. The van der Waals surface area contributed by atoms with Crippen LogP contribution < -0.4 is 25.4 Å². The molecule has 29 heavy (non-hydrogen) atoms. The van der Waals surface area contributed by atoms with Gasteiger partial charge < -0.3 is 25.4 Å². The van der Waals surface area contributed by atoms with Crippen LogP contribution in [0.2, 0.25) is 0 Å². The van der Waals surface area contributed by atoms with Gasteiger partial charge in [-0.15, -0.1) is 24.0 Å². The van der Waals surface area contributed by atoms with Crippen LogP contribution in [0.5, 0.6) is 11.5 Å². The third kappa shape index (κ3) is 11.7. The lowest BCUT2D eigenvalue weighted by molar-refractivity contribution is -0.120. The quantitative estimate of drug-likeness (QED) is 0.221. The molecule has 0 aromatic heterocycles. The van der Waals surface area contributed by atoms with E-state index < -0.39 is 6.61 Å². The summed E-state index contributed by atoms with van der Waals surface area (Å²) < 4.78 is 35.5. The Morgan fingerprint density at radius 2 is 1.90 bits per heavy atom. The molecule has 0 saturated heterocycles. The Kier molecular flexibility index (Phi) is 15.0. The SMILES string of the molecule is CCCNC(=O)CCNC(=NC)NCc1ccc(OCCC)cc1OC(F)F.I. The summed E-state index contributed by atoms with van der Waals surface area (Å²) in [6, 6.07) is 4.83. The highest BCUT2D eigenvalue weighted by atomic mass is 127. The maximum atomic E-state index is 12.7. The molecule has 7 nitrogen and oxygen atoms in total. The van der Waals surface area contributed by atoms with E-state index in [-0.39, 0.29) is 42.2 Å². The summed E-state index contributed by atoms with van der Waals surface area (Å²) in [6.07, 6.45) is 2.00. The Balaban J connectivity index is 0.00000784. The number of amides is 1. The normalized spacial score (nSPS) is 10.9. The van der Waals surface area contributed by atoms with Crippen molar-refractivity contribution in [3.05, 3.63) is 23.8 Å². The number of hydrogen-bond acceptors (Lipinski definition) is 4. The molecular formula is C19H31F2IN4O3. The Morgan fingerprint density at radius 1 is 1.14 bits per heavy atom. The van der Waals surface area contributed by atoms with Gasteiger partial charge in [-0.05, 0) is 25.0 Å². The van der Waals surface area contributed by atoms with Crippen molar-refractivity contribution in [1.29, 1.82) is 0 Å². The minimum absolute atomic E-state index is 0. The van der Waals surface area contributed by atoms with Gasteiger partial charge in [-0.2, -0.15) is 8.78 Å². The van der Waals surface area contributed by atoms with E-state index in [2.05, 4.69) is 25.7 Å². The monoisotopic (exact) mass is 528 g/mol. The number of nitrogens with zero attached hydrogens (tertiary/aromatic N) is 1. The van der Waals surface area contributed by atoms with E-state index in [1.54, 1.807) is 19.2 Å². The predicted octanol–water partition coefficient (Wildman–Crippen LogP) is 3.28. The van der Waals surface area contributed by atoms with Crippen LogP contribution in [0, 0.1) is 0 Å². The van der Waals surface area contributed by atoms with Crippen LogP contribution in [0.3, 0.4) is 0 Å². The van der Waals surface area contributed by atoms with Gasteiger partial charge in [0, 0.05) is 44.7 Å². The van der Waals surface area contributed by atoms with Crippen LogP contribution in [0.4, 0.5) is 8.78 Å². The van der Waals surface area contributed by atoms with Crippen molar-refractivity contribution in [3.8, 4) is 11.5 Å². The molecule has 0 spiro atoms. The maximum Gasteiger partial charge on any atom is 0.387 e. The van der Waals surface area contributed by atoms with Crippen LogP contribution >= 0.6 is 24.0 Å². The zero-order valence-electron chi connectivity index (χ0n) is 17.1. The van der Waals surface area contributed by atoms with Crippen LogP contribution in [0.1, 0.15) is 38.7 Å². The van der Waals surface area contributed by atoms with E-state index in [1.165, 1.54) is 6.07 Å². The molecule has 3 N–H and O–H groups in total. The van der Waals surface area contributed by atoms with E-state index in [9.17, 15) is 13.6 Å². The van der Waals surface area contributed by atoms with Crippen molar-refractivity contribution in [1.82, 2.24) is 16.0 Å². The lowest BCUT2D eigenvalue weighted by atomic mass is 10.2. The smallest absolute Gasteiger partial charge is 0.387 e. The maximum absolute atomic E-state index is 12.7. The van der Waals surface area contributed by atoms with Crippen molar-refractivity contribution in [2.45, 2.75) is 46.3 Å². The highest BCUT2D eigenvalue weighted by Crippen LogP contribution is 2.26. The highest BCUT2D eigenvalue weighted by Gasteiger charge is 2.12. The van der Waals surface area contributed by atoms with E-state index in [4.69, 9.17) is 4.74 Å². The predicted molar refractivity (Wildman–Crippen MR) is 120 cm³/mol. The van der Waals surface area contributed by atoms with Gasteiger partial charge in [0.25, 0.3) is 0 Å². The van der Waals surface area contributed by atoms with Gasteiger partial charge in [0.1, 0.15) is 11.5 Å². The molecule has 1 rings (SSSR count). The molecule has 1 amide bonds. The van der Waals surface area contributed by atoms with Crippen LogP contribution in [0.15, 0.2) is 23.2 Å². The molecule has 166 valence electrons. The first-order valence-electron chi connectivity index (χ1n) is 9.41. The number of rotatable bonds is 12. The van der Waals surface area contributed by atoms with E-state index in [1.807, 2.05) is 13.8 Å². The molecule has 0 aliphatic carbocycles. The first kappa shape index (κ1) is 27.1. The molecular weight excluding hydrogens is 497 g/mol. The molecule has 0 radical (unpaired) electrons. The van der Waals surface area contributed by atoms with Gasteiger partial charge in [-0.25, -0.2) is 0 Å². The van der Waals surface area contributed by atoms with Gasteiger partial charge in [0.15, 0.2) is 5.96 Å². The second-order valence-electron chi connectivity index (χ2n) is 5.95. The molecule has 0 saturated carbocycles. The molecule has 1 aromatic carbocycles. The van der Waals surface area contributed by atoms with Gasteiger partial charge in [0.05, 0.1) is 6.61 Å². The van der Waals surface area contributed by atoms with Crippen molar-refractivity contribution >= 4 is 35.8 Å². The summed E-state index contributed by atoms with van der Waals surface area (Å²) in [5, 5.41) is 8.82. The lowest BCUT2D eigenvalue weighted by Gasteiger charge is -2.16. The first-order chi connectivity index (χ1) is 13.5. The molecule has 0 unspecified atom stereocenters. The summed E-state index contributed by atoms with van der Waals surface area (Å²) in [4.78, 5) is 15.7. The van der Waals surface area contributed by atoms with E-state index >= 15 is 0 Å². The Labute approximate surface area is 188 Å². The topological polar surface area (TPSA) is 84.0 Å². The van der Waals surface area contributed by atoms with Gasteiger partial charge in [0.2, 0.25) is 5.91 Å². The molecule has 0 fully saturated rings. The highest BCUT2D eigenvalue weighted by molar-refractivity contribution is 14.0. The molecule has 0 atom stereocenters. The van der Waals surface area contributed by atoms with E-state index in [0.29, 0.717) is 43.4 Å². The fourth-order valence-corrected chi connectivity index (χ4v) is 2.24. The van der Waals surface area contributed by atoms with Crippen molar-refractivity contribution in [2.24, 2.45) is 4.99 Å². The first-order valence-corrected chi connectivity index (χ1v) is 9.41. The number of aliphatic imine (C=N–C) groups is 1. The minimum atomic E-state index is -2.93. The summed E-state index contributed by atoms with van der Waals surface area (Å²) >= 11 is 0. The van der Waals surface area contributed by atoms with Crippen molar-refractivity contribution in [2.75, 3.05) is 26.7 Å². The summed E-state index contributed by atoms with van der Waals surface area (Å²) in [7, 11) is 1.59. The zero-order chi connectivity index (χ0) is 20.8. The average molecular weight is 528 g/mol. The standard InChI is InChI=1S/C19H30F2N4O3.HI/c1-4-9-23-17(26)8-10-24-19(22-3)25-13-14-6-7-15(27-11-5-2)12-16(14)28-18(20)21;/h6-7,12,18H,4-5,8-11,13H2,1-3H3,(H,23,26)(H2,22,24,25);1H. The number of hydrogen-bond donors (Lipinski definition) is 3. The van der Waals surface area contributed by atoms with Gasteiger partial charge in [-0.1, -0.05) is 13.8 Å². The van der Waals surface area contributed by atoms with Gasteiger partial charge in [-0.3, -0.25) is 9.79 Å². The van der Waals surface area contributed by atoms with Crippen LogP contribution in [0.25, 0.3) is 0 Å². The largest absolute Gasteiger partial charge is 0.493 e. The van der Waals surface area contributed by atoms with Crippen LogP contribution in [-0.4, -0.2) is 45.2 Å². The minimum Gasteiger partial charge on any atom is -0.493 e. The zero-order valence-corrected chi connectivity index (χ0v) is 19.4. The molecule has 0 aliphatic rings. The Morgan fingerprint density at radius 3 is 2.52 bits per heavy atom. The second kappa shape index (κ2) is 16.0. The third-order valence-corrected chi connectivity index (χ3v) is 3.61. The number of ether oxygens (including phenoxy) is 2. The number of benzene rings is 1. The number of halogens is 3.